The van der Waals surface area contributed by atoms with Gasteiger partial charge in [-0.2, -0.15) is 0 Å². The van der Waals surface area contributed by atoms with Crippen LogP contribution >= 0.6 is 11.6 Å². The summed E-state index contributed by atoms with van der Waals surface area (Å²) in [5, 5.41) is 14.4. The van der Waals surface area contributed by atoms with Crippen molar-refractivity contribution in [2.75, 3.05) is 20.3 Å². The monoisotopic (exact) mass is 405 g/mol. The Hall–Kier alpha value is -2.28. The number of fused-ring (bicyclic) bond motifs is 1. The largest absolute Gasteiger partial charge is 0.485 e. The van der Waals surface area contributed by atoms with Gasteiger partial charge in [-0.3, -0.25) is 0 Å². The predicted molar refractivity (Wildman–Crippen MR) is 106 cm³/mol. The number of benzene rings is 2. The maximum Gasteiger partial charge on any atom is 0.350 e. The fourth-order valence-electron chi connectivity index (χ4n) is 3.14. The molecule has 0 amide bonds. The molecule has 2 N–H and O–H groups in total. The van der Waals surface area contributed by atoms with Gasteiger partial charge in [-0.25, -0.2) is 4.79 Å². The molecule has 150 valence electrons. The zero-order valence-corrected chi connectivity index (χ0v) is 16.6. The number of hydrogen-bond donors (Lipinski definition) is 2. The van der Waals surface area contributed by atoms with E-state index in [1.54, 1.807) is 18.2 Å². The molecule has 28 heavy (non-hydrogen) atoms. The predicted octanol–water partition coefficient (Wildman–Crippen LogP) is 3.43. The molecule has 6 nitrogen and oxygen atoms in total. The van der Waals surface area contributed by atoms with Crippen LogP contribution in [0.25, 0.3) is 0 Å². The van der Waals surface area contributed by atoms with Crippen molar-refractivity contribution in [3.05, 3.63) is 58.6 Å². The molecule has 3 atom stereocenters. The first-order valence-corrected chi connectivity index (χ1v) is 9.57. The first-order chi connectivity index (χ1) is 13.5. The molecule has 0 fully saturated rings. The first kappa shape index (κ1) is 20.5. The minimum atomic E-state index is -0.753. The lowest BCUT2D eigenvalue weighted by Gasteiger charge is -2.26. The SMILES string of the molecule is CCC(NCC(O)c1cccc(Cl)c1)c1ccc2c(c1)OCC(C(=O)OC)O2. The summed E-state index contributed by atoms with van der Waals surface area (Å²) in [6.07, 6.45) is -0.589. The fraction of sp³-hybridized carbons (Fsp3) is 0.381. The Bertz CT molecular complexity index is 828. The molecule has 0 radical (unpaired) electrons. The number of ether oxygens (including phenoxy) is 3. The normalized spacial score (nSPS) is 17.6. The highest BCUT2D eigenvalue weighted by Gasteiger charge is 2.28. The average molecular weight is 406 g/mol. The zero-order valence-electron chi connectivity index (χ0n) is 15.9. The minimum absolute atomic E-state index is 0.0288. The highest BCUT2D eigenvalue weighted by molar-refractivity contribution is 6.30. The third-order valence-electron chi connectivity index (χ3n) is 4.69. The molecule has 1 aliphatic rings. The van der Waals surface area contributed by atoms with Crippen LogP contribution in [0.5, 0.6) is 11.5 Å². The number of halogens is 1. The van der Waals surface area contributed by atoms with E-state index in [2.05, 4.69) is 12.2 Å². The quantitative estimate of drug-likeness (QED) is 0.687. The van der Waals surface area contributed by atoms with Gasteiger partial charge >= 0.3 is 5.97 Å². The summed E-state index contributed by atoms with van der Waals surface area (Å²) >= 11 is 6.00. The highest BCUT2D eigenvalue weighted by Crippen LogP contribution is 2.35. The summed E-state index contributed by atoms with van der Waals surface area (Å²) in [7, 11) is 1.32. The second-order valence-electron chi connectivity index (χ2n) is 6.59. The van der Waals surface area contributed by atoms with Crippen molar-refractivity contribution in [2.24, 2.45) is 0 Å². The van der Waals surface area contributed by atoms with E-state index in [4.69, 9.17) is 25.8 Å². The van der Waals surface area contributed by atoms with Crippen molar-refractivity contribution >= 4 is 17.6 Å². The maximum atomic E-state index is 11.6. The number of carbonyl (C=O) groups is 1. The van der Waals surface area contributed by atoms with Crippen LogP contribution in [0.15, 0.2) is 42.5 Å². The molecule has 2 aromatic carbocycles. The Morgan fingerprint density at radius 3 is 2.82 bits per heavy atom. The topological polar surface area (TPSA) is 77.0 Å². The van der Waals surface area contributed by atoms with E-state index in [0.717, 1.165) is 17.5 Å². The first-order valence-electron chi connectivity index (χ1n) is 9.20. The van der Waals surface area contributed by atoms with Crippen molar-refractivity contribution in [3.63, 3.8) is 0 Å². The fourth-order valence-corrected chi connectivity index (χ4v) is 3.33. The summed E-state index contributed by atoms with van der Waals surface area (Å²) < 4.78 is 16.0. The van der Waals surface area contributed by atoms with Crippen LogP contribution in [0.1, 0.15) is 36.6 Å². The number of esters is 1. The zero-order chi connectivity index (χ0) is 20.1. The van der Waals surface area contributed by atoms with E-state index in [0.29, 0.717) is 23.1 Å². The molecule has 2 aromatic rings. The third kappa shape index (κ3) is 4.76. The summed E-state index contributed by atoms with van der Waals surface area (Å²) in [4.78, 5) is 11.6. The molecule has 1 aliphatic heterocycles. The van der Waals surface area contributed by atoms with Gasteiger partial charge in [-0.15, -0.1) is 0 Å². The van der Waals surface area contributed by atoms with E-state index >= 15 is 0 Å². The van der Waals surface area contributed by atoms with Crippen LogP contribution in [-0.4, -0.2) is 37.4 Å². The average Bonchev–Trinajstić information content (AvgIpc) is 2.73. The Morgan fingerprint density at radius 1 is 1.29 bits per heavy atom. The number of nitrogens with one attached hydrogen (secondary N) is 1. The molecule has 3 rings (SSSR count). The highest BCUT2D eigenvalue weighted by atomic mass is 35.5. The number of aliphatic hydroxyl groups excluding tert-OH is 1. The van der Waals surface area contributed by atoms with E-state index < -0.39 is 18.2 Å². The van der Waals surface area contributed by atoms with E-state index in [9.17, 15) is 9.90 Å². The van der Waals surface area contributed by atoms with Crippen molar-refractivity contribution in [3.8, 4) is 11.5 Å². The molecule has 7 heteroatoms. The second kappa shape index (κ2) is 9.28. The lowest BCUT2D eigenvalue weighted by atomic mass is 10.0. The van der Waals surface area contributed by atoms with Gasteiger partial charge in [0.1, 0.15) is 6.61 Å². The lowest BCUT2D eigenvalue weighted by molar-refractivity contribution is -0.151. The van der Waals surface area contributed by atoms with Gasteiger partial charge in [-0.1, -0.05) is 36.7 Å². The van der Waals surface area contributed by atoms with Crippen molar-refractivity contribution in [2.45, 2.75) is 31.6 Å². The van der Waals surface area contributed by atoms with E-state index in [-0.39, 0.29) is 12.6 Å². The Morgan fingerprint density at radius 2 is 2.11 bits per heavy atom. The Labute approximate surface area is 169 Å². The second-order valence-corrected chi connectivity index (χ2v) is 7.02. The molecule has 0 saturated heterocycles. The van der Waals surface area contributed by atoms with Crippen molar-refractivity contribution in [1.29, 1.82) is 0 Å². The number of hydrogen-bond acceptors (Lipinski definition) is 6. The molecular weight excluding hydrogens is 382 g/mol. The van der Waals surface area contributed by atoms with E-state index in [1.807, 2.05) is 24.3 Å². The van der Waals surface area contributed by atoms with Gasteiger partial charge in [0.25, 0.3) is 0 Å². The summed E-state index contributed by atoms with van der Waals surface area (Å²) in [5.74, 6) is 0.644. The molecule has 0 aliphatic carbocycles. The van der Waals surface area contributed by atoms with Gasteiger partial charge < -0.3 is 24.6 Å². The molecule has 0 bridgehead atoms. The van der Waals surface area contributed by atoms with Crippen molar-refractivity contribution in [1.82, 2.24) is 5.32 Å². The van der Waals surface area contributed by atoms with Crippen LogP contribution in [0.2, 0.25) is 5.02 Å². The molecular formula is C21H24ClNO5. The Balaban J connectivity index is 1.66. The lowest BCUT2D eigenvalue weighted by Crippen LogP contribution is -2.37. The molecule has 0 spiro atoms. The van der Waals surface area contributed by atoms with Gasteiger partial charge in [0.05, 0.1) is 13.2 Å². The third-order valence-corrected chi connectivity index (χ3v) is 4.93. The number of rotatable bonds is 7. The Kier molecular flexibility index (Phi) is 6.78. The van der Waals surface area contributed by atoms with Crippen molar-refractivity contribution < 1.29 is 24.1 Å². The number of carbonyl (C=O) groups excluding carboxylic acids is 1. The van der Waals surface area contributed by atoms with Gasteiger partial charge in [0.2, 0.25) is 6.10 Å². The number of aliphatic hydroxyl groups is 1. The smallest absolute Gasteiger partial charge is 0.350 e. The molecule has 0 aromatic heterocycles. The van der Waals surface area contributed by atoms with E-state index in [1.165, 1.54) is 7.11 Å². The van der Waals surface area contributed by atoms with Crippen LogP contribution in [0, 0.1) is 0 Å². The summed E-state index contributed by atoms with van der Waals surface area (Å²) in [5.41, 5.74) is 1.78. The van der Waals surface area contributed by atoms with Crippen LogP contribution in [-0.2, 0) is 9.53 Å². The van der Waals surface area contributed by atoms with Gasteiger partial charge in [0, 0.05) is 17.6 Å². The number of methoxy groups -OCH3 is 1. The van der Waals surface area contributed by atoms with Crippen LogP contribution in [0.3, 0.4) is 0 Å². The van der Waals surface area contributed by atoms with Gasteiger partial charge in [-0.05, 0) is 41.8 Å². The minimum Gasteiger partial charge on any atom is -0.485 e. The molecule has 0 saturated carbocycles. The van der Waals surface area contributed by atoms with Crippen LogP contribution < -0.4 is 14.8 Å². The summed E-state index contributed by atoms with van der Waals surface area (Å²) in [6.45, 7) is 2.56. The van der Waals surface area contributed by atoms with Gasteiger partial charge in [0.15, 0.2) is 11.5 Å². The molecule has 1 heterocycles. The standard InChI is InChI=1S/C21H24ClNO5/c1-3-16(23-11-17(24)14-5-4-6-15(22)9-14)13-7-8-18-19(10-13)27-12-20(28-18)21(25)26-2/h4-10,16-17,20,23-24H,3,11-12H2,1-2H3. The maximum absolute atomic E-state index is 11.6. The molecule has 3 unspecified atom stereocenters. The summed E-state index contributed by atoms with van der Waals surface area (Å²) in [6, 6.07) is 12.8. The van der Waals surface area contributed by atoms with Crippen LogP contribution in [0.4, 0.5) is 0 Å².